The van der Waals surface area contributed by atoms with Gasteiger partial charge in [0.25, 0.3) is 0 Å². The van der Waals surface area contributed by atoms with Gasteiger partial charge in [-0.1, -0.05) is 31.9 Å². The summed E-state index contributed by atoms with van der Waals surface area (Å²) in [5.74, 6) is 1.02. The number of rotatable bonds is 4. The highest BCUT2D eigenvalue weighted by atomic mass is 19.1. The molecule has 1 saturated carbocycles. The maximum absolute atomic E-state index is 13.8. The normalized spacial score (nSPS) is 20.5. The number of hydrogen-bond donors (Lipinski definition) is 0. The van der Waals surface area contributed by atoms with Gasteiger partial charge in [0.15, 0.2) is 0 Å². The van der Waals surface area contributed by atoms with E-state index in [1.54, 1.807) is 6.07 Å². The van der Waals surface area contributed by atoms with E-state index in [4.69, 9.17) is 5.26 Å². The van der Waals surface area contributed by atoms with Crippen molar-refractivity contribution in [2.75, 3.05) is 0 Å². The van der Waals surface area contributed by atoms with Crippen LogP contribution in [0.3, 0.4) is 0 Å². The summed E-state index contributed by atoms with van der Waals surface area (Å²) >= 11 is 0. The predicted molar refractivity (Wildman–Crippen MR) is 94.0 cm³/mol. The van der Waals surface area contributed by atoms with Crippen molar-refractivity contribution in [1.29, 1.82) is 5.26 Å². The first-order valence-corrected chi connectivity index (χ1v) is 8.87. The van der Waals surface area contributed by atoms with Crippen LogP contribution < -0.4 is 0 Å². The average molecular weight is 322 g/mol. The lowest BCUT2D eigenvalue weighted by Crippen LogP contribution is -2.13. The van der Waals surface area contributed by atoms with Gasteiger partial charge in [0, 0.05) is 11.8 Å². The molecule has 0 atom stereocenters. The van der Waals surface area contributed by atoms with Crippen LogP contribution in [0.25, 0.3) is 11.3 Å². The smallest absolute Gasteiger partial charge is 0.141 e. The minimum Gasteiger partial charge on any atom is -0.256 e. The van der Waals surface area contributed by atoms with Crippen molar-refractivity contribution in [3.8, 4) is 17.3 Å². The Hall–Kier alpha value is -2.21. The zero-order valence-corrected chi connectivity index (χ0v) is 14.1. The molecular formula is C21H23FN2. The van der Waals surface area contributed by atoms with E-state index in [1.165, 1.54) is 56.2 Å². The molecule has 2 aromatic rings. The molecule has 0 unspecified atom stereocenters. The van der Waals surface area contributed by atoms with Gasteiger partial charge in [-0.05, 0) is 61.3 Å². The molecule has 1 heterocycles. The van der Waals surface area contributed by atoms with E-state index in [9.17, 15) is 4.39 Å². The average Bonchev–Trinajstić information content (AvgIpc) is 2.63. The van der Waals surface area contributed by atoms with Gasteiger partial charge in [0.05, 0.1) is 11.3 Å². The van der Waals surface area contributed by atoms with E-state index in [-0.39, 0.29) is 5.56 Å². The number of nitriles is 1. The highest BCUT2D eigenvalue weighted by Crippen LogP contribution is 2.37. The van der Waals surface area contributed by atoms with Gasteiger partial charge in [0.1, 0.15) is 11.9 Å². The van der Waals surface area contributed by atoms with Gasteiger partial charge in [0.2, 0.25) is 0 Å². The molecule has 1 aliphatic carbocycles. The number of aromatic nitrogens is 1. The van der Waals surface area contributed by atoms with Crippen LogP contribution in [-0.4, -0.2) is 4.98 Å². The van der Waals surface area contributed by atoms with Crippen molar-refractivity contribution >= 4 is 0 Å². The maximum atomic E-state index is 13.8. The fraction of sp³-hybridized carbons (Fsp3) is 0.429. The van der Waals surface area contributed by atoms with Crippen molar-refractivity contribution in [2.45, 2.75) is 51.4 Å². The van der Waals surface area contributed by atoms with E-state index < -0.39 is 5.82 Å². The van der Waals surface area contributed by atoms with E-state index in [1.807, 2.05) is 18.3 Å². The molecule has 0 aliphatic heterocycles. The predicted octanol–water partition coefficient (Wildman–Crippen LogP) is 5.83. The molecule has 1 fully saturated rings. The Bertz CT molecular complexity index is 722. The van der Waals surface area contributed by atoms with Gasteiger partial charge in [-0.2, -0.15) is 5.26 Å². The second kappa shape index (κ2) is 7.57. The van der Waals surface area contributed by atoms with Crippen LogP contribution in [0.4, 0.5) is 4.39 Å². The number of nitrogens with zero attached hydrogens (tertiary/aromatic N) is 2. The molecule has 0 saturated heterocycles. The third kappa shape index (κ3) is 3.64. The Labute approximate surface area is 143 Å². The summed E-state index contributed by atoms with van der Waals surface area (Å²) in [5.41, 5.74) is 2.83. The summed E-state index contributed by atoms with van der Waals surface area (Å²) in [4.78, 5) is 4.53. The summed E-state index contributed by atoms with van der Waals surface area (Å²) in [5, 5.41) is 8.81. The molecule has 1 aliphatic rings. The molecule has 3 heteroatoms. The van der Waals surface area contributed by atoms with Crippen LogP contribution >= 0.6 is 0 Å². The minimum atomic E-state index is -0.491. The van der Waals surface area contributed by atoms with E-state index in [0.717, 1.165) is 11.6 Å². The Kier molecular flexibility index (Phi) is 5.25. The van der Waals surface area contributed by atoms with Gasteiger partial charge in [-0.15, -0.1) is 0 Å². The molecule has 0 radical (unpaired) electrons. The fourth-order valence-corrected chi connectivity index (χ4v) is 3.78. The van der Waals surface area contributed by atoms with Crippen LogP contribution in [-0.2, 0) is 0 Å². The van der Waals surface area contributed by atoms with Gasteiger partial charge in [-0.3, -0.25) is 4.98 Å². The van der Waals surface area contributed by atoms with Gasteiger partial charge >= 0.3 is 0 Å². The lowest BCUT2D eigenvalue weighted by atomic mass is 9.77. The zero-order valence-electron chi connectivity index (χ0n) is 14.1. The highest BCUT2D eigenvalue weighted by molar-refractivity contribution is 5.60. The summed E-state index contributed by atoms with van der Waals surface area (Å²) in [6.45, 7) is 2.26. The quantitative estimate of drug-likeness (QED) is 0.709. The van der Waals surface area contributed by atoms with Crippen molar-refractivity contribution in [2.24, 2.45) is 5.92 Å². The number of pyridine rings is 1. The first-order valence-electron chi connectivity index (χ1n) is 8.87. The summed E-state index contributed by atoms with van der Waals surface area (Å²) < 4.78 is 13.8. The Balaban J connectivity index is 1.70. The Morgan fingerprint density at radius 3 is 2.54 bits per heavy atom. The molecule has 0 spiro atoms. The van der Waals surface area contributed by atoms with Gasteiger partial charge < -0.3 is 0 Å². The van der Waals surface area contributed by atoms with Gasteiger partial charge in [-0.25, -0.2) is 4.39 Å². The molecule has 0 amide bonds. The van der Waals surface area contributed by atoms with Crippen molar-refractivity contribution in [3.05, 3.63) is 53.5 Å². The number of benzene rings is 1. The molecule has 124 valence electrons. The molecule has 24 heavy (non-hydrogen) atoms. The van der Waals surface area contributed by atoms with Crippen LogP contribution in [0.1, 0.15) is 62.5 Å². The van der Waals surface area contributed by atoms with E-state index in [0.29, 0.717) is 11.5 Å². The topological polar surface area (TPSA) is 36.7 Å². The first-order chi connectivity index (χ1) is 11.7. The van der Waals surface area contributed by atoms with Crippen molar-refractivity contribution < 1.29 is 4.39 Å². The molecule has 0 bridgehead atoms. The lowest BCUT2D eigenvalue weighted by Gasteiger charge is -2.28. The number of halogens is 1. The summed E-state index contributed by atoms with van der Waals surface area (Å²) in [6, 6.07) is 10.6. The fourth-order valence-electron chi connectivity index (χ4n) is 3.78. The maximum Gasteiger partial charge on any atom is 0.141 e. The largest absolute Gasteiger partial charge is 0.256 e. The first kappa shape index (κ1) is 16.6. The van der Waals surface area contributed by atoms with Crippen molar-refractivity contribution in [1.82, 2.24) is 4.98 Å². The number of hydrogen-bond acceptors (Lipinski definition) is 2. The van der Waals surface area contributed by atoms with E-state index >= 15 is 0 Å². The van der Waals surface area contributed by atoms with Crippen LogP contribution in [0.5, 0.6) is 0 Å². The molecular weight excluding hydrogens is 299 g/mol. The summed E-state index contributed by atoms with van der Waals surface area (Å²) in [6.07, 6.45) is 9.72. The SMILES string of the molecule is CCCC1CCC(c2ccc(-c3ccc(C#N)c(F)c3)nc2)CC1. The molecule has 2 nitrogen and oxygen atoms in total. The minimum absolute atomic E-state index is 0.0687. The Morgan fingerprint density at radius 1 is 1.17 bits per heavy atom. The monoisotopic (exact) mass is 322 g/mol. The second-order valence-electron chi connectivity index (χ2n) is 6.79. The molecule has 1 aromatic heterocycles. The van der Waals surface area contributed by atoms with E-state index in [2.05, 4.69) is 18.0 Å². The van der Waals surface area contributed by atoms with Crippen molar-refractivity contribution in [3.63, 3.8) is 0 Å². The van der Waals surface area contributed by atoms with Crippen LogP contribution in [0.15, 0.2) is 36.5 Å². The second-order valence-corrected chi connectivity index (χ2v) is 6.79. The van der Waals surface area contributed by atoms with Crippen LogP contribution in [0, 0.1) is 23.1 Å². The third-order valence-electron chi connectivity index (χ3n) is 5.19. The molecule has 1 aromatic carbocycles. The Morgan fingerprint density at radius 2 is 1.96 bits per heavy atom. The standard InChI is InChI=1S/C21H23FN2/c1-2-3-15-4-6-16(7-5-15)19-10-11-21(24-14-19)17-8-9-18(13-23)20(22)12-17/h8-12,14-16H,2-7H2,1H3. The molecule has 0 N–H and O–H groups in total. The summed E-state index contributed by atoms with van der Waals surface area (Å²) in [7, 11) is 0. The molecule has 3 rings (SSSR count). The van der Waals surface area contributed by atoms with Crippen LogP contribution in [0.2, 0.25) is 0 Å². The zero-order chi connectivity index (χ0) is 16.9. The third-order valence-corrected chi connectivity index (χ3v) is 5.19. The lowest BCUT2D eigenvalue weighted by molar-refractivity contribution is 0.308. The highest BCUT2D eigenvalue weighted by Gasteiger charge is 2.22.